The van der Waals surface area contributed by atoms with Crippen molar-refractivity contribution < 1.29 is 43.4 Å². The predicted octanol–water partition coefficient (Wildman–Crippen LogP) is 3.77. The quantitative estimate of drug-likeness (QED) is 0.258. The molecule has 0 radical (unpaired) electrons. The summed E-state index contributed by atoms with van der Waals surface area (Å²) in [4.78, 5) is 75.9. The fourth-order valence-corrected chi connectivity index (χ4v) is 4.64. The van der Waals surface area contributed by atoms with E-state index in [0.29, 0.717) is 21.9 Å². The van der Waals surface area contributed by atoms with Crippen molar-refractivity contribution in [2.24, 2.45) is 10.7 Å². The molecule has 12 heteroatoms. The van der Waals surface area contributed by atoms with Gasteiger partial charge in [0.1, 0.15) is 0 Å². The van der Waals surface area contributed by atoms with Crippen molar-refractivity contribution in [2.75, 3.05) is 5.06 Å². The number of nitrogens with two attached hydrogens (primary N) is 1. The first-order chi connectivity index (χ1) is 22.5. The molecule has 1 aliphatic heterocycles. The average molecular weight is 636 g/mol. The van der Waals surface area contributed by atoms with Gasteiger partial charge in [-0.2, -0.15) is 0 Å². The summed E-state index contributed by atoms with van der Waals surface area (Å²) >= 11 is 0. The van der Waals surface area contributed by atoms with Crippen LogP contribution in [0.4, 0.5) is 5.69 Å². The number of carboxylic acid groups (broad SMARTS) is 1. The zero-order valence-electron chi connectivity index (χ0n) is 25.2. The van der Waals surface area contributed by atoms with Crippen LogP contribution in [0.15, 0.2) is 108 Å². The van der Waals surface area contributed by atoms with Gasteiger partial charge in [-0.1, -0.05) is 83.9 Å². The molecule has 0 aliphatic carbocycles. The van der Waals surface area contributed by atoms with E-state index in [1.165, 1.54) is 30.3 Å². The second-order valence-electron chi connectivity index (χ2n) is 10.6. The molecule has 3 N–H and O–H groups in total. The lowest BCUT2D eigenvalue weighted by Crippen LogP contribution is -2.50. The van der Waals surface area contributed by atoms with Gasteiger partial charge in [0.25, 0.3) is 5.91 Å². The molecule has 4 aromatic rings. The van der Waals surface area contributed by atoms with E-state index in [0.717, 1.165) is 11.1 Å². The Labute approximate surface area is 269 Å². The monoisotopic (exact) mass is 635 g/mol. The van der Waals surface area contributed by atoms with Crippen LogP contribution in [0, 0.1) is 13.8 Å². The number of para-hydroxylation sites is 1. The molecule has 0 saturated carbocycles. The van der Waals surface area contributed by atoms with Crippen LogP contribution in [-0.2, 0) is 28.7 Å². The molecular weight excluding hydrogens is 606 g/mol. The number of hydrogen-bond donors (Lipinski definition) is 2. The Bertz CT molecular complexity index is 1860. The summed E-state index contributed by atoms with van der Waals surface area (Å²) in [5, 5.41) is 10.7. The molecule has 0 fully saturated rings. The minimum Gasteiger partial charge on any atom is -0.478 e. The number of amides is 1. The smallest absolute Gasteiger partial charge is 0.377 e. The Balaban J connectivity index is 1.51. The summed E-state index contributed by atoms with van der Waals surface area (Å²) in [6.07, 6.45) is -6.30. The van der Waals surface area contributed by atoms with Gasteiger partial charge in [0, 0.05) is 11.1 Å². The zero-order chi connectivity index (χ0) is 33.7. The lowest BCUT2D eigenvalue weighted by atomic mass is 10.0. The van der Waals surface area contributed by atoms with Crippen LogP contribution < -0.4 is 10.8 Å². The number of aryl methyl sites for hydroxylation is 2. The first kappa shape index (κ1) is 32.3. The van der Waals surface area contributed by atoms with E-state index in [1.807, 2.05) is 0 Å². The Hall–Kier alpha value is -6.14. The lowest BCUT2D eigenvalue weighted by Gasteiger charge is -2.27. The third-order valence-corrected chi connectivity index (χ3v) is 7.12. The van der Waals surface area contributed by atoms with Gasteiger partial charge in [0.15, 0.2) is 6.17 Å². The zero-order valence-corrected chi connectivity index (χ0v) is 25.2. The van der Waals surface area contributed by atoms with Gasteiger partial charge in [0.2, 0.25) is 12.2 Å². The fraction of sp³-hybridized carbons (Fsp3) is 0.143. The van der Waals surface area contributed by atoms with Crippen LogP contribution in [0.3, 0.4) is 0 Å². The van der Waals surface area contributed by atoms with Crippen molar-refractivity contribution in [3.8, 4) is 0 Å². The maximum absolute atomic E-state index is 13.8. The Morgan fingerprint density at radius 2 is 1.26 bits per heavy atom. The van der Waals surface area contributed by atoms with Gasteiger partial charge < -0.3 is 25.2 Å². The van der Waals surface area contributed by atoms with Crippen LogP contribution >= 0.6 is 0 Å². The highest BCUT2D eigenvalue weighted by atomic mass is 16.7. The average Bonchev–Trinajstić information content (AvgIpc) is 3.17. The number of carbonyl (C=O) groups is 5. The van der Waals surface area contributed by atoms with Gasteiger partial charge in [-0.15, -0.1) is 5.06 Å². The third kappa shape index (κ3) is 7.24. The number of nitrogens with zero attached hydrogens (tertiary/aromatic N) is 2. The molecule has 1 amide bonds. The van der Waals surface area contributed by atoms with E-state index in [1.54, 1.807) is 86.6 Å². The topological polar surface area (TPSA) is 175 Å². The number of aliphatic imine (C=N–C) groups is 1. The molecule has 12 nitrogen and oxygen atoms in total. The number of benzodiazepines with no additional fused rings is 1. The van der Waals surface area contributed by atoms with Crippen molar-refractivity contribution in [3.05, 3.63) is 137 Å². The number of fused-ring (bicyclic) bond motifs is 1. The molecule has 4 aromatic carbocycles. The number of hydrogen-bond acceptors (Lipinski definition) is 10. The van der Waals surface area contributed by atoms with Gasteiger partial charge in [-0.25, -0.2) is 19.2 Å². The number of ether oxygens (including phenoxy) is 2. The molecule has 3 atom stereocenters. The summed E-state index contributed by atoms with van der Waals surface area (Å²) in [7, 11) is 0. The molecule has 238 valence electrons. The van der Waals surface area contributed by atoms with Crippen LogP contribution in [0.2, 0.25) is 0 Å². The Morgan fingerprint density at radius 3 is 1.81 bits per heavy atom. The number of hydroxylamine groups is 1. The number of anilines is 1. The van der Waals surface area contributed by atoms with Crippen LogP contribution in [0.25, 0.3) is 0 Å². The maximum atomic E-state index is 13.8. The van der Waals surface area contributed by atoms with E-state index < -0.39 is 48.2 Å². The summed E-state index contributed by atoms with van der Waals surface area (Å²) in [6, 6.07) is 27.3. The van der Waals surface area contributed by atoms with E-state index in [2.05, 4.69) is 4.99 Å². The third-order valence-electron chi connectivity index (χ3n) is 7.12. The second-order valence-corrected chi connectivity index (χ2v) is 10.6. The second kappa shape index (κ2) is 13.9. The van der Waals surface area contributed by atoms with Crippen LogP contribution in [-0.4, -0.2) is 59.0 Å². The Kier molecular flexibility index (Phi) is 9.52. The van der Waals surface area contributed by atoms with Crippen LogP contribution in [0.5, 0.6) is 0 Å². The molecule has 0 spiro atoms. The van der Waals surface area contributed by atoms with Gasteiger partial charge in [-0.3, -0.25) is 9.79 Å². The first-order valence-corrected chi connectivity index (χ1v) is 14.4. The van der Waals surface area contributed by atoms with Gasteiger partial charge >= 0.3 is 23.9 Å². The molecule has 1 heterocycles. The fourth-order valence-electron chi connectivity index (χ4n) is 4.64. The van der Waals surface area contributed by atoms with Crippen molar-refractivity contribution in [1.29, 1.82) is 0 Å². The number of aliphatic carboxylic acids is 1. The Morgan fingerprint density at radius 1 is 0.745 bits per heavy atom. The first-order valence-electron chi connectivity index (χ1n) is 14.4. The van der Waals surface area contributed by atoms with Crippen molar-refractivity contribution in [2.45, 2.75) is 32.2 Å². The SMILES string of the molecule is Cc1ccc(C(=O)O[C@H](C(=O)O)[C@H](OC(=O)c2ccc(C)cc2)C(=O)ON2C(=O)C(N)N=C(c3ccccc3)c3ccccc32)cc1. The minimum absolute atomic E-state index is 0.0213. The largest absolute Gasteiger partial charge is 0.478 e. The normalized spacial score (nSPS) is 15.3. The van der Waals surface area contributed by atoms with Crippen molar-refractivity contribution in [1.82, 2.24) is 0 Å². The highest BCUT2D eigenvalue weighted by Gasteiger charge is 2.44. The molecule has 0 aromatic heterocycles. The molecule has 1 unspecified atom stereocenters. The molecule has 1 aliphatic rings. The van der Waals surface area contributed by atoms with Gasteiger partial charge in [0.05, 0.1) is 22.5 Å². The van der Waals surface area contributed by atoms with E-state index in [-0.39, 0.29) is 16.8 Å². The number of rotatable bonds is 9. The maximum Gasteiger partial charge on any atom is 0.377 e. The van der Waals surface area contributed by atoms with Crippen molar-refractivity contribution in [3.63, 3.8) is 0 Å². The number of carboxylic acids is 1. The van der Waals surface area contributed by atoms with E-state index in [9.17, 15) is 29.1 Å². The predicted molar refractivity (Wildman–Crippen MR) is 168 cm³/mol. The minimum atomic E-state index is -2.38. The number of carbonyl (C=O) groups excluding carboxylic acids is 4. The van der Waals surface area contributed by atoms with E-state index in [4.69, 9.17) is 20.0 Å². The highest BCUT2D eigenvalue weighted by Crippen LogP contribution is 2.29. The van der Waals surface area contributed by atoms with Gasteiger partial charge in [-0.05, 0) is 44.2 Å². The number of benzene rings is 4. The van der Waals surface area contributed by atoms with E-state index >= 15 is 0 Å². The lowest BCUT2D eigenvalue weighted by molar-refractivity contribution is -0.173. The van der Waals surface area contributed by atoms with Crippen molar-refractivity contribution >= 4 is 41.2 Å². The molecular formula is C35H29N3O9. The van der Waals surface area contributed by atoms with Crippen LogP contribution in [0.1, 0.15) is 43.0 Å². The summed E-state index contributed by atoms with van der Waals surface area (Å²) in [5.74, 6) is -6.56. The summed E-state index contributed by atoms with van der Waals surface area (Å²) in [5.41, 5.74) is 9.09. The standard InChI is InChI=1S/C35H29N3O9/c1-20-12-16-23(17-13-20)33(42)45-28(32(40)41)29(46-34(43)24-18-14-21(2)15-19-24)35(44)47-38-26-11-7-6-10-25(26)27(37-30(36)31(38)39)22-8-4-3-5-9-22/h3-19,28-30H,36H2,1-2H3,(H,40,41)/t28-,29-,30?/m0/s1. The summed E-state index contributed by atoms with van der Waals surface area (Å²) < 4.78 is 10.6. The molecule has 0 saturated heterocycles. The molecule has 5 rings (SSSR count). The number of esters is 2. The molecule has 0 bridgehead atoms. The summed E-state index contributed by atoms with van der Waals surface area (Å²) in [6.45, 7) is 3.57. The highest BCUT2D eigenvalue weighted by molar-refractivity contribution is 6.20. The molecule has 47 heavy (non-hydrogen) atoms.